The Morgan fingerprint density at radius 2 is 2.03 bits per heavy atom. The zero-order valence-corrected chi connectivity index (χ0v) is 17.7. The van der Waals surface area contributed by atoms with Crippen molar-refractivity contribution in [2.45, 2.75) is 69.4 Å². The molecule has 2 aromatic rings. The van der Waals surface area contributed by atoms with Crippen LogP contribution in [0.3, 0.4) is 0 Å². The first-order chi connectivity index (χ1) is 14.6. The molecule has 0 unspecified atom stereocenters. The molecule has 2 aliphatic rings. The van der Waals surface area contributed by atoms with Gasteiger partial charge in [0.05, 0.1) is 6.33 Å². The summed E-state index contributed by atoms with van der Waals surface area (Å²) in [5.41, 5.74) is 1.25. The van der Waals surface area contributed by atoms with Crippen LogP contribution in [0, 0.1) is 5.82 Å². The van der Waals surface area contributed by atoms with Gasteiger partial charge in [0.25, 0.3) is 0 Å². The van der Waals surface area contributed by atoms with E-state index in [0.717, 1.165) is 63.8 Å². The standard InChI is InChI=1S/C24H33FN4O/c25-21-6-3-5-20(17-21)24(10-1-2-11-24)18-28-14-8-22(9-15-28)27-23(30)7-4-13-29-16-12-26-19-29/h3,5-6,12,16-17,19,22H,1-2,4,7-11,13-15,18H2,(H,27,30). The molecule has 30 heavy (non-hydrogen) atoms. The summed E-state index contributed by atoms with van der Waals surface area (Å²) in [4.78, 5) is 18.8. The second-order valence-corrected chi connectivity index (χ2v) is 9.02. The summed E-state index contributed by atoms with van der Waals surface area (Å²) in [5.74, 6) is 0.0221. The van der Waals surface area contributed by atoms with Gasteiger partial charge in [-0.3, -0.25) is 4.79 Å². The number of benzene rings is 1. The molecule has 0 spiro atoms. The van der Waals surface area contributed by atoms with Gasteiger partial charge in [0.15, 0.2) is 0 Å². The largest absolute Gasteiger partial charge is 0.353 e. The molecule has 1 saturated heterocycles. The van der Waals surface area contributed by atoms with E-state index in [1.807, 2.05) is 16.8 Å². The maximum absolute atomic E-state index is 13.9. The normalized spacial score (nSPS) is 19.8. The number of carbonyl (C=O) groups excluding carboxylic acids is 1. The lowest BCUT2D eigenvalue weighted by Gasteiger charge is -2.39. The Balaban J connectivity index is 1.23. The van der Waals surface area contributed by atoms with Crippen LogP contribution >= 0.6 is 0 Å². The molecule has 5 nitrogen and oxygen atoms in total. The van der Waals surface area contributed by atoms with Gasteiger partial charge in [-0.1, -0.05) is 25.0 Å². The Hall–Kier alpha value is -2.21. The Morgan fingerprint density at radius 3 is 2.73 bits per heavy atom. The third kappa shape index (κ3) is 5.28. The van der Waals surface area contributed by atoms with Gasteiger partial charge in [0, 0.05) is 56.5 Å². The quantitative estimate of drug-likeness (QED) is 0.716. The molecule has 1 N–H and O–H groups in total. The predicted octanol–water partition coefficient (Wildman–Crippen LogP) is 3.90. The van der Waals surface area contributed by atoms with E-state index in [1.54, 1.807) is 18.6 Å². The van der Waals surface area contributed by atoms with E-state index in [1.165, 1.54) is 18.9 Å². The Kier molecular flexibility index (Phi) is 6.82. The van der Waals surface area contributed by atoms with E-state index in [-0.39, 0.29) is 23.2 Å². The summed E-state index contributed by atoms with van der Waals surface area (Å²) in [5, 5.41) is 3.22. The van der Waals surface area contributed by atoms with Crippen LogP contribution in [-0.4, -0.2) is 46.0 Å². The van der Waals surface area contributed by atoms with Crippen LogP contribution < -0.4 is 5.32 Å². The second kappa shape index (κ2) is 9.73. The summed E-state index contributed by atoms with van der Waals surface area (Å²) in [6.45, 7) is 3.82. The van der Waals surface area contributed by atoms with Crippen molar-refractivity contribution >= 4 is 5.91 Å². The van der Waals surface area contributed by atoms with E-state index in [9.17, 15) is 9.18 Å². The number of rotatable bonds is 8. The van der Waals surface area contributed by atoms with Gasteiger partial charge >= 0.3 is 0 Å². The molecule has 0 bridgehead atoms. The van der Waals surface area contributed by atoms with Gasteiger partial charge in [0.2, 0.25) is 5.91 Å². The van der Waals surface area contributed by atoms with E-state index in [0.29, 0.717) is 6.42 Å². The molecule has 162 valence electrons. The van der Waals surface area contributed by atoms with Crippen molar-refractivity contribution in [3.63, 3.8) is 0 Å². The second-order valence-electron chi connectivity index (χ2n) is 9.02. The number of likely N-dealkylation sites (tertiary alicyclic amines) is 1. The third-order valence-corrected chi connectivity index (χ3v) is 6.86. The summed E-state index contributed by atoms with van der Waals surface area (Å²) in [7, 11) is 0. The lowest BCUT2D eigenvalue weighted by Crippen LogP contribution is -2.48. The molecule has 4 rings (SSSR count). The van der Waals surface area contributed by atoms with Gasteiger partial charge < -0.3 is 14.8 Å². The highest BCUT2D eigenvalue weighted by molar-refractivity contribution is 5.76. The molecule has 1 amide bonds. The van der Waals surface area contributed by atoms with Crippen LogP contribution in [0.4, 0.5) is 4.39 Å². The maximum atomic E-state index is 13.9. The maximum Gasteiger partial charge on any atom is 0.220 e. The van der Waals surface area contributed by atoms with Crippen LogP contribution in [0.1, 0.15) is 56.9 Å². The zero-order chi connectivity index (χ0) is 20.8. The number of carbonyl (C=O) groups is 1. The fraction of sp³-hybridized carbons (Fsp3) is 0.583. The minimum Gasteiger partial charge on any atom is -0.353 e. The monoisotopic (exact) mass is 412 g/mol. The van der Waals surface area contributed by atoms with Crippen LogP contribution in [0.15, 0.2) is 43.0 Å². The Labute approximate surface area is 178 Å². The van der Waals surface area contributed by atoms with Gasteiger partial charge in [-0.2, -0.15) is 0 Å². The Bertz CT molecular complexity index is 808. The lowest BCUT2D eigenvalue weighted by atomic mass is 9.78. The molecular weight excluding hydrogens is 379 g/mol. The highest BCUT2D eigenvalue weighted by Gasteiger charge is 2.38. The molecule has 1 aromatic carbocycles. The van der Waals surface area contributed by atoms with Gasteiger partial charge in [-0.15, -0.1) is 0 Å². The fourth-order valence-corrected chi connectivity index (χ4v) is 5.21. The molecule has 6 heteroatoms. The number of piperidine rings is 1. The van der Waals surface area contributed by atoms with Crippen molar-refractivity contribution < 1.29 is 9.18 Å². The Morgan fingerprint density at radius 1 is 1.23 bits per heavy atom. The van der Waals surface area contributed by atoms with Crippen LogP contribution in [0.2, 0.25) is 0 Å². The number of hydrogen-bond donors (Lipinski definition) is 1. The van der Waals surface area contributed by atoms with E-state index in [4.69, 9.17) is 0 Å². The number of nitrogens with zero attached hydrogens (tertiary/aromatic N) is 3. The summed E-state index contributed by atoms with van der Waals surface area (Å²) >= 11 is 0. The highest BCUT2D eigenvalue weighted by Crippen LogP contribution is 2.42. The summed E-state index contributed by atoms with van der Waals surface area (Å²) < 4.78 is 15.9. The molecule has 0 atom stereocenters. The molecule has 2 heterocycles. The fourth-order valence-electron chi connectivity index (χ4n) is 5.21. The van der Waals surface area contributed by atoms with Crippen molar-refractivity contribution in [2.24, 2.45) is 0 Å². The van der Waals surface area contributed by atoms with Crippen LogP contribution in [0.5, 0.6) is 0 Å². The first-order valence-electron chi connectivity index (χ1n) is 11.4. The number of amides is 1. The molecule has 1 aliphatic carbocycles. The summed E-state index contributed by atoms with van der Waals surface area (Å²) in [6.07, 6.45) is 13.6. The van der Waals surface area contributed by atoms with Crippen LogP contribution in [0.25, 0.3) is 0 Å². The van der Waals surface area contributed by atoms with E-state index >= 15 is 0 Å². The topological polar surface area (TPSA) is 50.2 Å². The average molecular weight is 413 g/mol. The minimum absolute atomic E-state index is 0.0888. The van der Waals surface area contributed by atoms with Crippen molar-refractivity contribution in [3.05, 3.63) is 54.4 Å². The number of nitrogens with one attached hydrogen (secondary N) is 1. The van der Waals surface area contributed by atoms with Crippen molar-refractivity contribution in [2.75, 3.05) is 19.6 Å². The highest BCUT2D eigenvalue weighted by atomic mass is 19.1. The lowest BCUT2D eigenvalue weighted by molar-refractivity contribution is -0.122. The minimum atomic E-state index is -0.131. The van der Waals surface area contributed by atoms with Crippen LogP contribution in [-0.2, 0) is 16.8 Å². The number of aryl methyl sites for hydroxylation is 1. The average Bonchev–Trinajstić information content (AvgIpc) is 3.42. The zero-order valence-electron chi connectivity index (χ0n) is 17.7. The molecule has 1 aliphatic heterocycles. The number of aromatic nitrogens is 2. The first kappa shape index (κ1) is 21.0. The molecule has 1 saturated carbocycles. The van der Waals surface area contributed by atoms with E-state index < -0.39 is 0 Å². The van der Waals surface area contributed by atoms with Gasteiger partial charge in [-0.25, -0.2) is 9.37 Å². The smallest absolute Gasteiger partial charge is 0.220 e. The summed E-state index contributed by atoms with van der Waals surface area (Å²) in [6, 6.07) is 7.50. The third-order valence-electron chi connectivity index (χ3n) is 6.86. The van der Waals surface area contributed by atoms with Gasteiger partial charge in [-0.05, 0) is 49.8 Å². The predicted molar refractivity (Wildman–Crippen MR) is 116 cm³/mol. The molecular formula is C24H33FN4O. The van der Waals surface area contributed by atoms with Crippen molar-refractivity contribution in [1.82, 2.24) is 19.8 Å². The van der Waals surface area contributed by atoms with Gasteiger partial charge in [0.1, 0.15) is 5.82 Å². The van der Waals surface area contributed by atoms with Crippen molar-refractivity contribution in [3.8, 4) is 0 Å². The first-order valence-corrected chi connectivity index (χ1v) is 11.4. The number of halogens is 1. The number of hydrogen-bond acceptors (Lipinski definition) is 3. The molecule has 2 fully saturated rings. The number of imidazole rings is 1. The molecule has 0 radical (unpaired) electrons. The van der Waals surface area contributed by atoms with Crippen molar-refractivity contribution in [1.29, 1.82) is 0 Å². The SMILES string of the molecule is O=C(CCCn1ccnc1)NC1CCN(CC2(c3cccc(F)c3)CCCC2)CC1. The van der Waals surface area contributed by atoms with E-state index in [2.05, 4.69) is 21.3 Å². The molecule has 1 aromatic heterocycles.